The van der Waals surface area contributed by atoms with Gasteiger partial charge < -0.3 is 10.0 Å². The van der Waals surface area contributed by atoms with E-state index in [2.05, 4.69) is 4.98 Å². The highest BCUT2D eigenvalue weighted by Crippen LogP contribution is 2.30. The number of hydrogen-bond acceptors (Lipinski definition) is 4. The molecule has 1 saturated heterocycles. The largest absolute Gasteiger partial charge is 0.481 e. The summed E-state index contributed by atoms with van der Waals surface area (Å²) in [7, 11) is 0. The third-order valence-corrected chi connectivity index (χ3v) is 4.96. The van der Waals surface area contributed by atoms with Crippen molar-refractivity contribution in [2.24, 2.45) is 5.41 Å². The van der Waals surface area contributed by atoms with Crippen LogP contribution in [-0.4, -0.2) is 44.5 Å². The number of benzene rings is 1. The molecule has 1 aliphatic heterocycles. The first kappa shape index (κ1) is 17.1. The number of amides is 1. The molecule has 2 aromatic rings. The molecule has 25 heavy (non-hydrogen) atoms. The van der Waals surface area contributed by atoms with Crippen LogP contribution < -0.4 is 5.56 Å². The zero-order valence-corrected chi connectivity index (χ0v) is 14.4. The first-order chi connectivity index (χ1) is 11.8. The molecule has 0 saturated carbocycles. The summed E-state index contributed by atoms with van der Waals surface area (Å²) in [5.41, 5.74) is 0.558. The van der Waals surface area contributed by atoms with Gasteiger partial charge in [-0.2, -0.15) is 0 Å². The smallest absolute Gasteiger partial charge is 0.311 e. The number of rotatable bonds is 4. The highest BCUT2D eigenvalue weighted by molar-refractivity contribution is 5.81. The van der Waals surface area contributed by atoms with Crippen LogP contribution in [0.15, 0.2) is 29.3 Å². The van der Waals surface area contributed by atoms with E-state index >= 15 is 0 Å². The second-order valence-electron chi connectivity index (χ2n) is 6.90. The molecule has 3 rings (SSSR count). The van der Waals surface area contributed by atoms with Crippen LogP contribution in [0.5, 0.6) is 0 Å². The van der Waals surface area contributed by atoms with Gasteiger partial charge in [-0.25, -0.2) is 4.98 Å². The van der Waals surface area contributed by atoms with Crippen LogP contribution in [0, 0.1) is 12.3 Å². The maximum absolute atomic E-state index is 12.5. The Morgan fingerprint density at radius 3 is 2.80 bits per heavy atom. The summed E-state index contributed by atoms with van der Waals surface area (Å²) in [5.74, 6) is -1.02. The maximum atomic E-state index is 12.5. The van der Waals surface area contributed by atoms with Crippen molar-refractivity contribution < 1.29 is 14.7 Å². The molecule has 1 aromatic heterocycles. The van der Waals surface area contributed by atoms with Crippen LogP contribution >= 0.6 is 0 Å². The van der Waals surface area contributed by atoms with Gasteiger partial charge in [-0.15, -0.1) is 0 Å². The van der Waals surface area contributed by atoms with E-state index in [0.29, 0.717) is 23.9 Å². The van der Waals surface area contributed by atoms with Gasteiger partial charge in [0.25, 0.3) is 5.56 Å². The molecule has 2 heterocycles. The standard InChI is InChI=1S/C18H21N3O4/c1-12-4-3-5-13-15(12)19-11-21(16(13)23)8-6-14(22)20-9-7-18(2,10-20)17(24)25/h3-5,11H,6-10H2,1-2H3,(H,24,25). The first-order valence-electron chi connectivity index (χ1n) is 8.28. The van der Waals surface area contributed by atoms with E-state index in [1.807, 2.05) is 19.1 Å². The summed E-state index contributed by atoms with van der Waals surface area (Å²) in [4.78, 5) is 42.0. The van der Waals surface area contributed by atoms with Gasteiger partial charge in [0.05, 0.1) is 22.6 Å². The molecule has 1 unspecified atom stereocenters. The summed E-state index contributed by atoms with van der Waals surface area (Å²) < 4.78 is 1.44. The van der Waals surface area contributed by atoms with E-state index < -0.39 is 11.4 Å². The van der Waals surface area contributed by atoms with Gasteiger partial charge in [0, 0.05) is 26.1 Å². The van der Waals surface area contributed by atoms with Crippen molar-refractivity contribution in [3.05, 3.63) is 40.4 Å². The number of carboxylic acids is 1. The number of carbonyl (C=O) groups excluding carboxylic acids is 1. The van der Waals surface area contributed by atoms with Gasteiger partial charge in [-0.3, -0.25) is 19.0 Å². The van der Waals surface area contributed by atoms with Gasteiger partial charge in [0.2, 0.25) is 5.91 Å². The molecule has 1 amide bonds. The molecule has 0 aliphatic carbocycles. The molecule has 7 nitrogen and oxygen atoms in total. The van der Waals surface area contributed by atoms with Crippen LogP contribution in [0.2, 0.25) is 0 Å². The summed E-state index contributed by atoms with van der Waals surface area (Å²) in [6, 6.07) is 5.44. The van der Waals surface area contributed by atoms with E-state index in [1.165, 1.54) is 10.9 Å². The Balaban J connectivity index is 1.71. The average Bonchev–Trinajstić information content (AvgIpc) is 2.99. The van der Waals surface area contributed by atoms with Crippen molar-refractivity contribution in [2.75, 3.05) is 13.1 Å². The topological polar surface area (TPSA) is 92.5 Å². The van der Waals surface area contributed by atoms with Crippen LogP contribution in [0.25, 0.3) is 10.9 Å². The Morgan fingerprint density at radius 2 is 2.12 bits per heavy atom. The van der Waals surface area contributed by atoms with Crippen molar-refractivity contribution in [3.8, 4) is 0 Å². The van der Waals surface area contributed by atoms with E-state index in [-0.39, 0.29) is 31.0 Å². The summed E-state index contributed by atoms with van der Waals surface area (Å²) in [5, 5.41) is 9.78. The Morgan fingerprint density at radius 1 is 1.36 bits per heavy atom. The van der Waals surface area contributed by atoms with Crippen molar-refractivity contribution >= 4 is 22.8 Å². The number of para-hydroxylation sites is 1. The van der Waals surface area contributed by atoms with Crippen LogP contribution in [-0.2, 0) is 16.1 Å². The Bertz CT molecular complexity index is 905. The zero-order chi connectivity index (χ0) is 18.2. The predicted octanol–water partition coefficient (Wildman–Crippen LogP) is 1.42. The molecule has 0 spiro atoms. The number of fused-ring (bicyclic) bond motifs is 1. The van der Waals surface area contributed by atoms with Gasteiger partial charge in [0.1, 0.15) is 0 Å². The molecular formula is C18H21N3O4. The predicted molar refractivity (Wildman–Crippen MR) is 92.3 cm³/mol. The molecular weight excluding hydrogens is 322 g/mol. The van der Waals surface area contributed by atoms with Crippen LogP contribution in [0.4, 0.5) is 0 Å². The molecule has 1 aromatic carbocycles. The quantitative estimate of drug-likeness (QED) is 0.906. The number of aryl methyl sites for hydroxylation is 2. The molecule has 1 fully saturated rings. The third-order valence-electron chi connectivity index (χ3n) is 4.96. The number of aromatic nitrogens is 2. The monoisotopic (exact) mass is 343 g/mol. The molecule has 132 valence electrons. The number of likely N-dealkylation sites (tertiary alicyclic amines) is 1. The Hall–Kier alpha value is -2.70. The third kappa shape index (κ3) is 3.14. The lowest BCUT2D eigenvalue weighted by atomic mass is 9.90. The second kappa shape index (κ2) is 6.31. The number of carbonyl (C=O) groups is 2. The fourth-order valence-electron chi connectivity index (χ4n) is 3.22. The highest BCUT2D eigenvalue weighted by Gasteiger charge is 2.41. The van der Waals surface area contributed by atoms with E-state index in [0.717, 1.165) is 5.56 Å². The van der Waals surface area contributed by atoms with Crippen LogP contribution in [0.3, 0.4) is 0 Å². The van der Waals surface area contributed by atoms with Gasteiger partial charge in [0.15, 0.2) is 0 Å². The highest BCUT2D eigenvalue weighted by atomic mass is 16.4. The van der Waals surface area contributed by atoms with Gasteiger partial charge in [-0.05, 0) is 31.9 Å². The number of hydrogen-bond donors (Lipinski definition) is 1. The summed E-state index contributed by atoms with van der Waals surface area (Å²) >= 11 is 0. The number of nitrogens with zero attached hydrogens (tertiary/aromatic N) is 3. The minimum absolute atomic E-state index is 0.138. The van der Waals surface area contributed by atoms with Crippen LogP contribution in [0.1, 0.15) is 25.3 Å². The van der Waals surface area contributed by atoms with Crippen molar-refractivity contribution in [1.82, 2.24) is 14.5 Å². The lowest BCUT2D eigenvalue weighted by Crippen LogP contribution is -2.35. The zero-order valence-electron chi connectivity index (χ0n) is 14.4. The molecule has 0 bridgehead atoms. The van der Waals surface area contributed by atoms with Crippen molar-refractivity contribution in [2.45, 2.75) is 33.2 Å². The maximum Gasteiger partial charge on any atom is 0.311 e. The summed E-state index contributed by atoms with van der Waals surface area (Å²) in [6.45, 7) is 4.43. The number of carboxylic acid groups (broad SMARTS) is 1. The Labute approximate surface area is 144 Å². The SMILES string of the molecule is Cc1cccc2c(=O)n(CCC(=O)N3CCC(C)(C(=O)O)C3)cnc12. The first-order valence-corrected chi connectivity index (χ1v) is 8.28. The number of aliphatic carboxylic acids is 1. The molecule has 1 atom stereocenters. The van der Waals surface area contributed by atoms with Gasteiger partial charge in [-0.1, -0.05) is 12.1 Å². The second-order valence-corrected chi connectivity index (χ2v) is 6.90. The van der Waals surface area contributed by atoms with Crippen molar-refractivity contribution in [3.63, 3.8) is 0 Å². The summed E-state index contributed by atoms with van der Waals surface area (Å²) in [6.07, 6.45) is 2.07. The molecule has 0 radical (unpaired) electrons. The Kier molecular flexibility index (Phi) is 4.32. The molecule has 1 aliphatic rings. The minimum atomic E-state index is -0.881. The fourth-order valence-corrected chi connectivity index (χ4v) is 3.22. The van der Waals surface area contributed by atoms with E-state index in [1.54, 1.807) is 17.9 Å². The molecule has 1 N–H and O–H groups in total. The fraction of sp³-hybridized carbons (Fsp3) is 0.444. The lowest BCUT2D eigenvalue weighted by molar-refractivity contribution is -0.147. The lowest BCUT2D eigenvalue weighted by Gasteiger charge is -2.20. The average molecular weight is 343 g/mol. The molecule has 7 heteroatoms. The minimum Gasteiger partial charge on any atom is -0.481 e. The van der Waals surface area contributed by atoms with E-state index in [4.69, 9.17) is 0 Å². The van der Waals surface area contributed by atoms with Crippen molar-refractivity contribution in [1.29, 1.82) is 0 Å². The van der Waals surface area contributed by atoms with Gasteiger partial charge >= 0.3 is 5.97 Å². The van der Waals surface area contributed by atoms with E-state index in [9.17, 15) is 19.5 Å². The normalized spacial score (nSPS) is 20.2.